The molecule has 4 nitrogen and oxygen atoms in total. The Hall–Kier alpha value is -0.920. The zero-order valence-corrected chi connectivity index (χ0v) is 8.82. The molecule has 0 N–H and O–H groups in total. The Kier molecular flexibility index (Phi) is 3.34. The van der Waals surface area contributed by atoms with Crippen molar-refractivity contribution < 1.29 is 9.53 Å². The maximum atomic E-state index is 11.1. The molecule has 1 heterocycles. The molecule has 4 heteroatoms. The van der Waals surface area contributed by atoms with E-state index >= 15 is 0 Å². The molecule has 2 fully saturated rings. The summed E-state index contributed by atoms with van der Waals surface area (Å²) in [5, 5.41) is 8.79. The molecule has 1 aliphatic heterocycles. The average Bonchev–Trinajstić information content (AvgIpc) is 2.30. The van der Waals surface area contributed by atoms with Crippen LogP contribution in [0, 0.1) is 11.3 Å². The summed E-state index contributed by atoms with van der Waals surface area (Å²) in [7, 11) is 0. The molecular weight excluding hydrogens is 192 g/mol. The summed E-state index contributed by atoms with van der Waals surface area (Å²) < 4.78 is 5.30. The Labute approximate surface area is 89.8 Å². The fourth-order valence-corrected chi connectivity index (χ4v) is 2.37. The van der Waals surface area contributed by atoms with E-state index in [-0.39, 0.29) is 6.10 Å². The van der Waals surface area contributed by atoms with Crippen LogP contribution in [0.4, 0.5) is 0 Å². The highest BCUT2D eigenvalue weighted by Crippen LogP contribution is 2.22. The molecule has 82 valence electrons. The lowest BCUT2D eigenvalue weighted by molar-refractivity contribution is -0.121. The third-order valence-electron chi connectivity index (χ3n) is 3.27. The first-order chi connectivity index (χ1) is 7.29. The van der Waals surface area contributed by atoms with E-state index < -0.39 is 0 Å². The fraction of sp³-hybridized carbons (Fsp3) is 0.818. The van der Waals surface area contributed by atoms with Crippen LogP contribution in [0.2, 0.25) is 0 Å². The topological polar surface area (TPSA) is 53.3 Å². The van der Waals surface area contributed by atoms with E-state index in [0.717, 1.165) is 19.4 Å². The summed E-state index contributed by atoms with van der Waals surface area (Å²) >= 11 is 0. The largest absolute Gasteiger partial charge is 0.361 e. The smallest absolute Gasteiger partial charge is 0.156 e. The number of hydrogen-bond acceptors (Lipinski definition) is 4. The van der Waals surface area contributed by atoms with Crippen LogP contribution in [0.25, 0.3) is 0 Å². The molecule has 1 aliphatic carbocycles. The number of Topliss-reactive ketones (excluding diaryl/α,β-unsaturated/α-hetero) is 1. The molecule has 1 saturated heterocycles. The summed E-state index contributed by atoms with van der Waals surface area (Å²) in [6.07, 6.45) is 3.04. The second kappa shape index (κ2) is 4.73. The van der Waals surface area contributed by atoms with Crippen LogP contribution in [-0.4, -0.2) is 42.5 Å². The van der Waals surface area contributed by atoms with Gasteiger partial charge in [0.2, 0.25) is 0 Å². The number of nitrogens with zero attached hydrogens (tertiary/aromatic N) is 2. The van der Waals surface area contributed by atoms with Gasteiger partial charge in [0.05, 0.1) is 12.7 Å². The van der Waals surface area contributed by atoms with E-state index in [1.54, 1.807) is 0 Å². The van der Waals surface area contributed by atoms with Crippen molar-refractivity contribution in [3.8, 4) is 6.07 Å². The van der Waals surface area contributed by atoms with Gasteiger partial charge in [-0.25, -0.2) is 0 Å². The van der Waals surface area contributed by atoms with Crippen molar-refractivity contribution in [2.45, 2.75) is 37.8 Å². The van der Waals surface area contributed by atoms with E-state index in [1.807, 2.05) is 0 Å². The van der Waals surface area contributed by atoms with E-state index in [1.165, 1.54) is 0 Å². The van der Waals surface area contributed by atoms with E-state index in [4.69, 9.17) is 10.00 Å². The average molecular weight is 208 g/mol. The first-order valence-corrected chi connectivity index (χ1v) is 5.56. The third-order valence-corrected chi connectivity index (χ3v) is 3.27. The molecule has 0 aromatic heterocycles. The lowest BCUT2D eigenvalue weighted by Crippen LogP contribution is -2.48. The first-order valence-electron chi connectivity index (χ1n) is 5.56. The van der Waals surface area contributed by atoms with Crippen LogP contribution in [0.1, 0.15) is 25.7 Å². The number of rotatable bonds is 1. The number of carbonyl (C=O) groups is 1. The van der Waals surface area contributed by atoms with Gasteiger partial charge in [0.15, 0.2) is 6.10 Å². The van der Waals surface area contributed by atoms with Crippen LogP contribution in [0.3, 0.4) is 0 Å². The molecule has 0 amide bonds. The molecule has 0 radical (unpaired) electrons. The zero-order chi connectivity index (χ0) is 10.7. The summed E-state index contributed by atoms with van der Waals surface area (Å²) in [4.78, 5) is 13.4. The van der Waals surface area contributed by atoms with Gasteiger partial charge in [-0.3, -0.25) is 9.69 Å². The number of ether oxygens (including phenoxy) is 1. The fourth-order valence-electron chi connectivity index (χ4n) is 2.37. The molecule has 0 aromatic rings. The summed E-state index contributed by atoms with van der Waals surface area (Å²) in [5.41, 5.74) is 0. The van der Waals surface area contributed by atoms with Gasteiger partial charge < -0.3 is 4.74 Å². The number of ketones is 1. The minimum atomic E-state index is -0.281. The van der Waals surface area contributed by atoms with Crippen LogP contribution >= 0.6 is 0 Å². The molecule has 15 heavy (non-hydrogen) atoms. The minimum absolute atomic E-state index is 0.281. The maximum absolute atomic E-state index is 11.1. The van der Waals surface area contributed by atoms with Gasteiger partial charge >= 0.3 is 0 Å². The molecule has 1 unspecified atom stereocenters. The van der Waals surface area contributed by atoms with Crippen molar-refractivity contribution in [1.29, 1.82) is 5.26 Å². The molecule has 2 aliphatic rings. The molecule has 0 bridgehead atoms. The van der Waals surface area contributed by atoms with Gasteiger partial charge in [0.25, 0.3) is 0 Å². The Bertz CT molecular complexity index is 275. The van der Waals surface area contributed by atoms with Crippen LogP contribution in [0.5, 0.6) is 0 Å². The van der Waals surface area contributed by atoms with E-state index in [2.05, 4.69) is 11.0 Å². The Morgan fingerprint density at radius 2 is 2.13 bits per heavy atom. The van der Waals surface area contributed by atoms with E-state index in [9.17, 15) is 4.79 Å². The quantitative estimate of drug-likeness (QED) is 0.637. The predicted molar refractivity (Wildman–Crippen MR) is 54.2 cm³/mol. The monoisotopic (exact) mass is 208 g/mol. The Balaban J connectivity index is 1.88. The summed E-state index contributed by atoms with van der Waals surface area (Å²) in [6.45, 7) is 2.25. The van der Waals surface area contributed by atoms with Crippen molar-refractivity contribution in [1.82, 2.24) is 4.90 Å². The van der Waals surface area contributed by atoms with Gasteiger partial charge in [0, 0.05) is 32.0 Å². The standard InChI is InChI=1S/C11H16N2O2/c12-7-11-8-13(5-6-15-11)9-1-3-10(14)4-2-9/h9,11H,1-6,8H2. The number of hydrogen-bond donors (Lipinski definition) is 0. The second-order valence-corrected chi connectivity index (χ2v) is 4.25. The molecule has 1 atom stereocenters. The van der Waals surface area contributed by atoms with Crippen molar-refractivity contribution in [3.05, 3.63) is 0 Å². The van der Waals surface area contributed by atoms with Crippen molar-refractivity contribution in [2.75, 3.05) is 19.7 Å². The van der Waals surface area contributed by atoms with Crippen molar-refractivity contribution >= 4 is 5.78 Å². The van der Waals surface area contributed by atoms with Crippen LogP contribution in [0.15, 0.2) is 0 Å². The zero-order valence-electron chi connectivity index (χ0n) is 8.82. The minimum Gasteiger partial charge on any atom is -0.361 e. The number of morpholine rings is 1. The lowest BCUT2D eigenvalue weighted by atomic mass is 9.93. The van der Waals surface area contributed by atoms with Crippen molar-refractivity contribution in [3.63, 3.8) is 0 Å². The number of carbonyl (C=O) groups excluding carboxylic acids is 1. The normalized spacial score (nSPS) is 30.1. The molecule has 0 aromatic carbocycles. The maximum Gasteiger partial charge on any atom is 0.156 e. The summed E-state index contributed by atoms with van der Waals surface area (Å²) in [5.74, 6) is 0.386. The van der Waals surface area contributed by atoms with Crippen molar-refractivity contribution in [2.24, 2.45) is 0 Å². The van der Waals surface area contributed by atoms with E-state index in [0.29, 0.717) is 37.8 Å². The van der Waals surface area contributed by atoms with Crippen LogP contribution < -0.4 is 0 Å². The third kappa shape index (κ3) is 2.55. The second-order valence-electron chi connectivity index (χ2n) is 4.25. The Morgan fingerprint density at radius 1 is 1.40 bits per heavy atom. The van der Waals surface area contributed by atoms with Gasteiger partial charge in [-0.1, -0.05) is 0 Å². The molecule has 1 saturated carbocycles. The molecular formula is C11H16N2O2. The Morgan fingerprint density at radius 3 is 2.80 bits per heavy atom. The van der Waals surface area contributed by atoms with Gasteiger partial charge in [-0.15, -0.1) is 0 Å². The van der Waals surface area contributed by atoms with Crippen LogP contribution in [-0.2, 0) is 9.53 Å². The first kappa shape index (κ1) is 10.6. The van der Waals surface area contributed by atoms with Gasteiger partial charge in [-0.2, -0.15) is 5.26 Å². The molecule has 2 rings (SSSR count). The number of nitriles is 1. The van der Waals surface area contributed by atoms with Gasteiger partial charge in [-0.05, 0) is 12.8 Å². The SMILES string of the molecule is N#CC1CN(C2CCC(=O)CC2)CCO1. The lowest BCUT2D eigenvalue weighted by Gasteiger charge is -2.37. The highest BCUT2D eigenvalue weighted by atomic mass is 16.5. The highest BCUT2D eigenvalue weighted by molar-refractivity contribution is 5.79. The summed E-state index contributed by atoms with van der Waals surface area (Å²) in [6, 6.07) is 2.64. The predicted octanol–water partition coefficient (Wildman–Crippen LogP) is 0.722. The highest BCUT2D eigenvalue weighted by Gasteiger charge is 2.28. The van der Waals surface area contributed by atoms with Gasteiger partial charge in [0.1, 0.15) is 5.78 Å². The molecule has 0 spiro atoms.